The smallest absolute Gasteiger partial charge is 0.239 e. The Labute approximate surface area is 229 Å². The Morgan fingerprint density at radius 2 is 1.76 bits per heavy atom. The van der Waals surface area contributed by atoms with Crippen molar-refractivity contribution in [2.75, 3.05) is 45.2 Å². The van der Waals surface area contributed by atoms with Crippen LogP contribution in [0.4, 0.5) is 0 Å². The van der Waals surface area contributed by atoms with Crippen LogP contribution in [-0.4, -0.2) is 91.1 Å². The van der Waals surface area contributed by atoms with E-state index in [1.807, 2.05) is 41.5 Å². The first-order valence-corrected chi connectivity index (χ1v) is 14.2. The van der Waals surface area contributed by atoms with E-state index in [-0.39, 0.29) is 47.8 Å². The molecule has 0 rings (SSSR count). The predicted octanol–water partition coefficient (Wildman–Crippen LogP) is 2.73. The van der Waals surface area contributed by atoms with Gasteiger partial charge in [0.2, 0.25) is 24.6 Å². The van der Waals surface area contributed by atoms with Crippen LogP contribution in [0.3, 0.4) is 0 Å². The van der Waals surface area contributed by atoms with Crippen molar-refractivity contribution in [2.45, 2.75) is 98.0 Å². The van der Waals surface area contributed by atoms with Gasteiger partial charge in [0.1, 0.15) is 0 Å². The minimum absolute atomic E-state index is 0.122. The zero-order chi connectivity index (χ0) is 29.3. The van der Waals surface area contributed by atoms with Crippen LogP contribution in [0.25, 0.3) is 0 Å². The summed E-state index contributed by atoms with van der Waals surface area (Å²) >= 11 is 1.70. The molecular formula is C26H54N4O6S. The van der Waals surface area contributed by atoms with E-state index in [1.165, 1.54) is 0 Å². The van der Waals surface area contributed by atoms with Gasteiger partial charge >= 0.3 is 0 Å². The highest BCUT2D eigenvalue weighted by molar-refractivity contribution is 7.99. The highest BCUT2D eigenvalue weighted by Crippen LogP contribution is 2.17. The third kappa shape index (κ3) is 28.7. The lowest BCUT2D eigenvalue weighted by Gasteiger charge is -2.29. The van der Waals surface area contributed by atoms with E-state index < -0.39 is 0 Å². The SMILES string of the molecule is CC.CCCSC(C)CC(=O)N(C=O)CCNC(=O)CNC=O.CCOCCC(C)(C)OCC(C)(C)N. The number of imide groups is 1. The molecule has 0 aliphatic heterocycles. The second kappa shape index (κ2) is 24.6. The van der Waals surface area contributed by atoms with Crippen LogP contribution in [0.5, 0.6) is 0 Å². The van der Waals surface area contributed by atoms with E-state index in [1.54, 1.807) is 11.8 Å². The number of hydrogen-bond donors (Lipinski definition) is 3. The number of hydrogen-bond acceptors (Lipinski definition) is 8. The first-order valence-electron chi connectivity index (χ1n) is 13.1. The van der Waals surface area contributed by atoms with Crippen molar-refractivity contribution in [1.82, 2.24) is 15.5 Å². The molecule has 0 aromatic carbocycles. The highest BCUT2D eigenvalue weighted by Gasteiger charge is 2.22. The van der Waals surface area contributed by atoms with Crippen molar-refractivity contribution in [2.24, 2.45) is 5.73 Å². The summed E-state index contributed by atoms with van der Waals surface area (Å²) in [7, 11) is 0. The normalized spacial score (nSPS) is 11.6. The summed E-state index contributed by atoms with van der Waals surface area (Å²) < 4.78 is 11.0. The maximum Gasteiger partial charge on any atom is 0.239 e. The molecule has 0 spiro atoms. The van der Waals surface area contributed by atoms with Crippen LogP contribution >= 0.6 is 11.8 Å². The monoisotopic (exact) mass is 550 g/mol. The van der Waals surface area contributed by atoms with Crippen molar-refractivity contribution in [3.05, 3.63) is 0 Å². The van der Waals surface area contributed by atoms with E-state index in [0.717, 1.165) is 36.7 Å². The Bertz CT molecular complexity index is 600. The molecule has 10 nitrogen and oxygen atoms in total. The standard InChI is InChI=1S/C13H23N3O4S.C11H25NO2.C2H6/c1-3-6-21-11(2)7-13(20)16(10-18)5-4-15-12(19)8-14-9-17;1-6-13-8-7-11(4,5)14-9-10(2,3)12;1-2/h9-11H,3-8H2,1-2H3,(H,14,17)(H,15,19);6-9,12H2,1-5H3;1-2H3. The van der Waals surface area contributed by atoms with Gasteiger partial charge in [-0.1, -0.05) is 27.7 Å². The number of amides is 4. The van der Waals surface area contributed by atoms with E-state index in [9.17, 15) is 19.2 Å². The maximum atomic E-state index is 11.9. The van der Waals surface area contributed by atoms with Gasteiger partial charge in [0.05, 0.1) is 18.8 Å². The maximum absolute atomic E-state index is 11.9. The van der Waals surface area contributed by atoms with E-state index >= 15 is 0 Å². The highest BCUT2D eigenvalue weighted by atomic mass is 32.2. The molecule has 0 aromatic heterocycles. The Morgan fingerprint density at radius 3 is 2.24 bits per heavy atom. The third-order valence-corrected chi connectivity index (χ3v) is 5.80. The summed E-state index contributed by atoms with van der Waals surface area (Å²) in [5.74, 6) is 0.364. The number of nitrogens with zero attached hydrogens (tertiary/aromatic N) is 1. The summed E-state index contributed by atoms with van der Waals surface area (Å²) in [6.45, 7) is 20.3. The molecular weight excluding hydrogens is 496 g/mol. The van der Waals surface area contributed by atoms with Crippen molar-refractivity contribution in [3.63, 3.8) is 0 Å². The molecule has 0 aromatic rings. The summed E-state index contributed by atoms with van der Waals surface area (Å²) in [6, 6.07) is 0. The van der Waals surface area contributed by atoms with Crippen molar-refractivity contribution >= 4 is 36.4 Å². The molecule has 4 amide bonds. The van der Waals surface area contributed by atoms with Gasteiger partial charge < -0.3 is 25.8 Å². The molecule has 37 heavy (non-hydrogen) atoms. The Balaban J connectivity index is -0.000000627. The second-order valence-corrected chi connectivity index (χ2v) is 11.0. The minimum atomic E-state index is -0.368. The number of carbonyl (C=O) groups is 4. The van der Waals surface area contributed by atoms with E-state index in [0.29, 0.717) is 25.8 Å². The zero-order valence-corrected chi connectivity index (χ0v) is 25.5. The number of thioether (sulfide) groups is 1. The largest absolute Gasteiger partial charge is 0.382 e. The van der Waals surface area contributed by atoms with Gasteiger partial charge in [0.25, 0.3) is 0 Å². The van der Waals surface area contributed by atoms with Crippen molar-refractivity contribution < 1.29 is 28.7 Å². The van der Waals surface area contributed by atoms with Crippen LogP contribution in [-0.2, 0) is 28.7 Å². The topological polar surface area (TPSA) is 140 Å². The van der Waals surface area contributed by atoms with Crippen LogP contribution in [0.1, 0.15) is 81.6 Å². The summed E-state index contributed by atoms with van der Waals surface area (Å²) in [4.78, 5) is 45.1. The number of carbonyl (C=O) groups excluding carboxylic acids is 4. The zero-order valence-electron chi connectivity index (χ0n) is 24.7. The fourth-order valence-electron chi connectivity index (χ4n) is 2.41. The average Bonchev–Trinajstić information content (AvgIpc) is 2.84. The van der Waals surface area contributed by atoms with Gasteiger partial charge in [-0.3, -0.25) is 24.1 Å². The van der Waals surface area contributed by atoms with Crippen LogP contribution in [0.2, 0.25) is 0 Å². The molecule has 4 N–H and O–H groups in total. The lowest BCUT2D eigenvalue weighted by atomic mass is 10.0. The molecule has 0 saturated carbocycles. The van der Waals surface area contributed by atoms with Gasteiger partial charge in [-0.05, 0) is 53.2 Å². The van der Waals surface area contributed by atoms with E-state index in [4.69, 9.17) is 15.2 Å². The number of ether oxygens (including phenoxy) is 2. The van der Waals surface area contributed by atoms with Crippen molar-refractivity contribution in [3.8, 4) is 0 Å². The molecule has 0 radical (unpaired) electrons. The number of rotatable bonds is 19. The molecule has 0 saturated heterocycles. The molecule has 220 valence electrons. The first kappa shape index (κ1) is 39.8. The second-order valence-electron chi connectivity index (χ2n) is 9.41. The Morgan fingerprint density at radius 1 is 1.14 bits per heavy atom. The molecule has 0 aliphatic carbocycles. The van der Waals surface area contributed by atoms with Gasteiger partial charge in [0, 0.05) is 43.5 Å². The van der Waals surface area contributed by atoms with E-state index in [2.05, 4.69) is 31.4 Å². The van der Waals surface area contributed by atoms with Crippen LogP contribution < -0.4 is 16.4 Å². The molecule has 0 heterocycles. The van der Waals surface area contributed by atoms with Gasteiger partial charge in [-0.25, -0.2) is 0 Å². The molecule has 0 aliphatic rings. The predicted molar refractivity (Wildman–Crippen MR) is 152 cm³/mol. The van der Waals surface area contributed by atoms with Crippen LogP contribution in [0, 0.1) is 0 Å². The molecule has 0 bridgehead atoms. The summed E-state index contributed by atoms with van der Waals surface area (Å²) in [6.07, 6.45) is 3.15. The minimum Gasteiger partial charge on any atom is -0.382 e. The fourth-order valence-corrected chi connectivity index (χ4v) is 3.30. The molecule has 1 atom stereocenters. The molecule has 0 fully saturated rings. The Hall–Kier alpha value is -1.69. The summed E-state index contributed by atoms with van der Waals surface area (Å²) in [5, 5.41) is 4.89. The number of nitrogens with one attached hydrogen (secondary N) is 2. The van der Waals surface area contributed by atoms with Crippen molar-refractivity contribution in [1.29, 1.82) is 0 Å². The lowest BCUT2D eigenvalue weighted by molar-refractivity contribution is -0.138. The molecule has 1 unspecified atom stereocenters. The Kier molecular flexibility index (Phi) is 26.5. The number of nitrogens with two attached hydrogens (primary N) is 1. The fraction of sp³-hybridized carbons (Fsp3) is 0.846. The quantitative estimate of drug-likeness (QED) is 0.165. The first-order chi connectivity index (χ1) is 17.3. The average molecular weight is 551 g/mol. The summed E-state index contributed by atoms with van der Waals surface area (Å²) in [5.41, 5.74) is 5.43. The van der Waals surface area contributed by atoms with Gasteiger partial charge in [-0.2, -0.15) is 11.8 Å². The lowest BCUT2D eigenvalue weighted by Crippen LogP contribution is -2.41. The van der Waals surface area contributed by atoms with Crippen LogP contribution in [0.15, 0.2) is 0 Å². The van der Waals surface area contributed by atoms with Gasteiger partial charge in [-0.15, -0.1) is 0 Å². The third-order valence-electron chi connectivity index (χ3n) is 4.42. The van der Waals surface area contributed by atoms with Gasteiger partial charge in [0.15, 0.2) is 0 Å². The molecule has 11 heteroatoms.